The summed E-state index contributed by atoms with van der Waals surface area (Å²) in [5.74, 6) is -0.422. The summed E-state index contributed by atoms with van der Waals surface area (Å²) in [6, 6.07) is 13.6. The van der Waals surface area contributed by atoms with E-state index in [2.05, 4.69) is 26.6 Å². The van der Waals surface area contributed by atoms with Gasteiger partial charge in [0.15, 0.2) is 5.65 Å². The Morgan fingerprint density at radius 3 is 2.68 bits per heavy atom. The van der Waals surface area contributed by atoms with Crippen LogP contribution in [-0.4, -0.2) is 54.2 Å². The van der Waals surface area contributed by atoms with E-state index in [9.17, 15) is 19.2 Å². The molecule has 2 fully saturated rings. The van der Waals surface area contributed by atoms with Crippen molar-refractivity contribution in [3.05, 3.63) is 66.2 Å². The molecule has 11 heteroatoms. The number of halogens is 1. The zero-order chi connectivity index (χ0) is 26.3. The molecule has 1 saturated heterocycles. The van der Waals surface area contributed by atoms with E-state index >= 15 is 0 Å². The van der Waals surface area contributed by atoms with E-state index in [1.165, 1.54) is 18.2 Å². The Morgan fingerprint density at radius 1 is 1.16 bits per heavy atom. The van der Waals surface area contributed by atoms with Gasteiger partial charge in [-0.3, -0.25) is 19.6 Å². The van der Waals surface area contributed by atoms with Crippen LogP contribution in [0.3, 0.4) is 0 Å². The lowest BCUT2D eigenvalue weighted by Crippen LogP contribution is -2.48. The molecule has 4 aromatic rings. The SMILES string of the molecule is N#CCC1(n2cc(-c3cccc4nc(NC(=O)C5CC5)nn34)cn2)CCN(C(=O)c2cccc(F)c2)CC1. The largest absolute Gasteiger partial charge is 0.338 e. The maximum atomic E-state index is 13.6. The predicted octanol–water partition coefficient (Wildman–Crippen LogP) is 3.63. The minimum Gasteiger partial charge on any atom is -0.338 e. The number of pyridine rings is 1. The van der Waals surface area contributed by atoms with Crippen molar-refractivity contribution < 1.29 is 14.0 Å². The van der Waals surface area contributed by atoms with Crippen LogP contribution in [0, 0.1) is 23.1 Å². The van der Waals surface area contributed by atoms with E-state index in [4.69, 9.17) is 0 Å². The number of hydrogen-bond donors (Lipinski definition) is 1. The number of likely N-dealkylation sites (tertiary alicyclic amines) is 1. The fourth-order valence-corrected chi connectivity index (χ4v) is 5.01. The molecule has 0 atom stereocenters. The summed E-state index contributed by atoms with van der Waals surface area (Å²) in [7, 11) is 0. The Bertz CT molecular complexity index is 1570. The molecule has 1 N–H and O–H groups in total. The Kier molecular flexibility index (Phi) is 5.87. The molecule has 2 amide bonds. The first-order valence-electron chi connectivity index (χ1n) is 12.6. The fourth-order valence-electron chi connectivity index (χ4n) is 5.01. The number of rotatable bonds is 6. The highest BCUT2D eigenvalue weighted by molar-refractivity contribution is 5.94. The minimum absolute atomic E-state index is 0.0474. The standard InChI is InChI=1S/C27H25FN8O2/c28-21-4-1-3-19(15-21)25(38)34-13-10-27(9-12-29,11-14-34)35-17-20(16-30-35)22-5-2-6-23-31-26(33-36(22)23)32-24(37)18-7-8-18/h1-6,15-18H,7-11,13-14H2,(H,32,33,37). The average molecular weight is 513 g/mol. The van der Waals surface area contributed by atoms with Gasteiger partial charge in [-0.15, -0.1) is 5.10 Å². The highest BCUT2D eigenvalue weighted by atomic mass is 19.1. The topological polar surface area (TPSA) is 121 Å². The number of carbonyl (C=O) groups is 2. The van der Waals surface area contributed by atoms with Gasteiger partial charge >= 0.3 is 0 Å². The van der Waals surface area contributed by atoms with Crippen LogP contribution in [-0.2, 0) is 10.3 Å². The van der Waals surface area contributed by atoms with E-state index in [1.807, 2.05) is 29.1 Å². The van der Waals surface area contributed by atoms with Gasteiger partial charge in [0.25, 0.3) is 5.91 Å². The van der Waals surface area contributed by atoms with E-state index in [-0.39, 0.29) is 30.1 Å². The zero-order valence-electron chi connectivity index (χ0n) is 20.5. The van der Waals surface area contributed by atoms with Crippen molar-refractivity contribution in [2.45, 2.75) is 37.6 Å². The summed E-state index contributed by atoms with van der Waals surface area (Å²) in [6.07, 6.45) is 6.71. The lowest BCUT2D eigenvalue weighted by molar-refractivity contribution is -0.117. The van der Waals surface area contributed by atoms with Gasteiger partial charge in [0, 0.05) is 36.3 Å². The van der Waals surface area contributed by atoms with Gasteiger partial charge in [-0.25, -0.2) is 8.91 Å². The average Bonchev–Trinajstić information content (AvgIpc) is 3.51. The molecule has 1 aliphatic heterocycles. The van der Waals surface area contributed by atoms with Crippen LogP contribution >= 0.6 is 0 Å². The van der Waals surface area contributed by atoms with Crippen LogP contribution in [0.2, 0.25) is 0 Å². The molecular formula is C27H25FN8O2. The van der Waals surface area contributed by atoms with Gasteiger partial charge in [0.05, 0.1) is 29.9 Å². The number of nitriles is 1. The van der Waals surface area contributed by atoms with Gasteiger partial charge in [0.2, 0.25) is 11.9 Å². The van der Waals surface area contributed by atoms with Crippen LogP contribution in [0.4, 0.5) is 10.3 Å². The second kappa shape index (κ2) is 9.37. The third-order valence-electron chi connectivity index (χ3n) is 7.37. The van der Waals surface area contributed by atoms with Crippen LogP contribution in [0.1, 0.15) is 42.5 Å². The summed E-state index contributed by atoms with van der Waals surface area (Å²) in [5, 5.41) is 21.5. The van der Waals surface area contributed by atoms with Crippen LogP contribution in [0.25, 0.3) is 16.9 Å². The number of fused-ring (bicyclic) bond motifs is 1. The van der Waals surface area contributed by atoms with E-state index in [0.717, 1.165) is 24.1 Å². The lowest BCUT2D eigenvalue weighted by atomic mass is 9.84. The van der Waals surface area contributed by atoms with Gasteiger partial charge in [-0.2, -0.15) is 15.3 Å². The quantitative estimate of drug-likeness (QED) is 0.421. The number of amides is 2. The highest BCUT2D eigenvalue weighted by Crippen LogP contribution is 2.35. The molecule has 2 aliphatic rings. The van der Waals surface area contributed by atoms with Crippen molar-refractivity contribution >= 4 is 23.4 Å². The van der Waals surface area contributed by atoms with E-state index < -0.39 is 11.4 Å². The number of carbonyl (C=O) groups excluding carboxylic acids is 2. The third kappa shape index (κ3) is 4.38. The molecule has 0 radical (unpaired) electrons. The molecule has 10 nitrogen and oxygen atoms in total. The molecule has 1 aliphatic carbocycles. The number of benzene rings is 1. The van der Waals surface area contributed by atoms with Gasteiger partial charge in [-0.05, 0) is 56.0 Å². The van der Waals surface area contributed by atoms with E-state index in [1.54, 1.807) is 21.7 Å². The lowest BCUT2D eigenvalue weighted by Gasteiger charge is -2.40. The molecule has 0 unspecified atom stereocenters. The zero-order valence-corrected chi connectivity index (χ0v) is 20.5. The van der Waals surface area contributed by atoms with E-state index in [0.29, 0.717) is 37.1 Å². The monoisotopic (exact) mass is 512 g/mol. The number of nitrogens with one attached hydrogen (secondary N) is 1. The summed E-state index contributed by atoms with van der Waals surface area (Å²) in [6.45, 7) is 0.851. The number of hydrogen-bond acceptors (Lipinski definition) is 6. The summed E-state index contributed by atoms with van der Waals surface area (Å²) in [5.41, 5.74) is 1.87. The summed E-state index contributed by atoms with van der Waals surface area (Å²) < 4.78 is 17.1. The number of anilines is 1. The molecule has 0 spiro atoms. The molecule has 3 aromatic heterocycles. The predicted molar refractivity (Wildman–Crippen MR) is 135 cm³/mol. The van der Waals surface area contributed by atoms with Gasteiger partial charge < -0.3 is 4.90 Å². The Balaban J connectivity index is 1.24. The first kappa shape index (κ1) is 23.8. The normalized spacial score (nSPS) is 16.8. The van der Waals surface area contributed by atoms with Crippen molar-refractivity contribution in [2.75, 3.05) is 18.4 Å². The molecule has 192 valence electrons. The number of aromatic nitrogens is 5. The molecule has 6 rings (SSSR count). The molecule has 4 heterocycles. The first-order chi connectivity index (χ1) is 18.5. The van der Waals surface area contributed by atoms with Crippen molar-refractivity contribution in [3.63, 3.8) is 0 Å². The van der Waals surface area contributed by atoms with Crippen LogP contribution in [0.5, 0.6) is 0 Å². The summed E-state index contributed by atoms with van der Waals surface area (Å²) in [4.78, 5) is 31.2. The van der Waals surface area contributed by atoms with Crippen molar-refractivity contribution in [2.24, 2.45) is 5.92 Å². The Labute approximate surface area is 217 Å². The fraction of sp³-hybridized carbons (Fsp3) is 0.333. The van der Waals surface area contributed by atoms with Crippen LogP contribution < -0.4 is 5.32 Å². The third-order valence-corrected chi connectivity index (χ3v) is 7.37. The molecule has 1 saturated carbocycles. The van der Waals surface area contributed by atoms with Crippen molar-refractivity contribution in [3.8, 4) is 17.3 Å². The highest BCUT2D eigenvalue weighted by Gasteiger charge is 2.39. The number of nitrogens with zero attached hydrogens (tertiary/aromatic N) is 7. The van der Waals surface area contributed by atoms with Gasteiger partial charge in [0.1, 0.15) is 5.82 Å². The second-order valence-electron chi connectivity index (χ2n) is 9.92. The molecule has 38 heavy (non-hydrogen) atoms. The summed E-state index contributed by atoms with van der Waals surface area (Å²) >= 11 is 0. The van der Waals surface area contributed by atoms with Crippen LogP contribution in [0.15, 0.2) is 54.9 Å². The minimum atomic E-state index is -0.578. The van der Waals surface area contributed by atoms with Crippen molar-refractivity contribution in [1.29, 1.82) is 5.26 Å². The Morgan fingerprint density at radius 2 is 1.95 bits per heavy atom. The molecule has 0 bridgehead atoms. The first-order valence-corrected chi connectivity index (χ1v) is 12.6. The molecule has 1 aromatic carbocycles. The second-order valence-corrected chi connectivity index (χ2v) is 9.92. The van der Waals surface area contributed by atoms with Gasteiger partial charge in [-0.1, -0.05) is 12.1 Å². The Hall–Kier alpha value is -4.59. The van der Waals surface area contributed by atoms with Crippen molar-refractivity contribution in [1.82, 2.24) is 29.3 Å². The molecular weight excluding hydrogens is 487 g/mol. The maximum absolute atomic E-state index is 13.6. The maximum Gasteiger partial charge on any atom is 0.253 e. The smallest absolute Gasteiger partial charge is 0.253 e. The number of piperidine rings is 1.